The smallest absolute Gasteiger partial charge is 0.0786 e. The van der Waals surface area contributed by atoms with Crippen LogP contribution in [0.25, 0.3) is 0 Å². The van der Waals surface area contributed by atoms with E-state index in [1.807, 2.05) is 33.9 Å². The lowest BCUT2D eigenvalue weighted by Gasteiger charge is -2.22. The normalized spacial score (nSPS) is 17.9. The monoisotopic (exact) mass is 227 g/mol. The number of nitrogens with two attached hydrogens (primary N) is 1. The number of pyridine rings is 1. The summed E-state index contributed by atoms with van der Waals surface area (Å²) in [7, 11) is 3.87. The Hall–Kier alpha value is -0.550. The fraction of sp³-hybridized carbons (Fsp3) is 0.444. The lowest BCUT2D eigenvalue weighted by atomic mass is 10.3. The topological polar surface area (TPSA) is 42.1 Å². The molecular formula is C9H13N3S2. The van der Waals surface area contributed by atoms with Crippen molar-refractivity contribution in [2.75, 3.05) is 35.2 Å². The van der Waals surface area contributed by atoms with Crippen LogP contribution in [0.5, 0.6) is 0 Å². The highest BCUT2D eigenvalue weighted by Crippen LogP contribution is 2.28. The number of hydrogen-bond acceptors (Lipinski definition) is 5. The van der Waals surface area contributed by atoms with Gasteiger partial charge in [0.1, 0.15) is 0 Å². The molecule has 0 spiro atoms. The van der Waals surface area contributed by atoms with E-state index in [-0.39, 0.29) is 0 Å². The third-order valence-corrected chi connectivity index (χ3v) is 4.51. The zero-order chi connectivity index (χ0) is 9.80. The molecule has 0 amide bonds. The molecule has 0 saturated carbocycles. The second-order valence-corrected chi connectivity index (χ2v) is 5.77. The van der Waals surface area contributed by atoms with Crippen molar-refractivity contribution >= 4 is 33.0 Å². The highest BCUT2D eigenvalue weighted by Gasteiger charge is 2.12. The molecule has 14 heavy (non-hydrogen) atoms. The summed E-state index contributed by atoms with van der Waals surface area (Å²) < 4.78 is 0. The fourth-order valence-electron chi connectivity index (χ4n) is 1.43. The van der Waals surface area contributed by atoms with Crippen LogP contribution in [0, 0.1) is 0 Å². The molecular weight excluding hydrogens is 214 g/mol. The quantitative estimate of drug-likeness (QED) is 0.742. The zero-order valence-corrected chi connectivity index (χ0v) is 9.48. The average Bonchev–Trinajstić information content (AvgIpc) is 2.47. The molecule has 5 heteroatoms. The summed E-state index contributed by atoms with van der Waals surface area (Å²) >= 11 is 0. The van der Waals surface area contributed by atoms with Crippen LogP contribution >= 0.6 is 21.6 Å². The molecule has 2 heterocycles. The van der Waals surface area contributed by atoms with Gasteiger partial charge in [-0.05, 0) is 6.07 Å². The lowest BCUT2D eigenvalue weighted by Crippen LogP contribution is -2.27. The Balaban J connectivity index is 2.16. The van der Waals surface area contributed by atoms with Crippen molar-refractivity contribution in [1.82, 2.24) is 4.98 Å². The van der Waals surface area contributed by atoms with E-state index in [1.165, 1.54) is 0 Å². The molecule has 0 bridgehead atoms. The number of aromatic nitrogens is 1. The van der Waals surface area contributed by atoms with Gasteiger partial charge in [0.15, 0.2) is 0 Å². The number of rotatable bonds is 1. The predicted molar refractivity (Wildman–Crippen MR) is 65.8 cm³/mol. The third-order valence-electron chi connectivity index (χ3n) is 2.15. The standard InChI is InChI=1S/C9H13N3S2/c10-8-1-2-11-7-9(8)12-3-5-13-14-6-4-12/h1-2,7H,3-6H2,(H2,10,11). The lowest BCUT2D eigenvalue weighted by molar-refractivity contribution is 0.882. The number of anilines is 2. The maximum atomic E-state index is 5.91. The van der Waals surface area contributed by atoms with Gasteiger partial charge in [-0.2, -0.15) is 0 Å². The van der Waals surface area contributed by atoms with Gasteiger partial charge in [-0.3, -0.25) is 4.98 Å². The van der Waals surface area contributed by atoms with Gasteiger partial charge in [-0.25, -0.2) is 0 Å². The third kappa shape index (κ3) is 2.27. The molecule has 1 fully saturated rings. The maximum absolute atomic E-state index is 5.91. The Morgan fingerprint density at radius 2 is 2.00 bits per heavy atom. The van der Waals surface area contributed by atoms with Crippen LogP contribution in [0.2, 0.25) is 0 Å². The van der Waals surface area contributed by atoms with Crippen LogP contribution in [0.4, 0.5) is 11.4 Å². The molecule has 76 valence electrons. The molecule has 1 saturated heterocycles. The number of nitrogens with zero attached hydrogens (tertiary/aromatic N) is 2. The molecule has 0 atom stereocenters. The van der Waals surface area contributed by atoms with Crippen molar-refractivity contribution in [3.63, 3.8) is 0 Å². The minimum absolute atomic E-state index is 0.830. The van der Waals surface area contributed by atoms with E-state index in [4.69, 9.17) is 5.73 Å². The molecule has 1 aromatic heterocycles. The molecule has 1 aromatic rings. The van der Waals surface area contributed by atoms with E-state index >= 15 is 0 Å². The predicted octanol–water partition coefficient (Wildman–Crippen LogP) is 1.87. The first-order valence-electron chi connectivity index (χ1n) is 4.57. The largest absolute Gasteiger partial charge is 0.397 e. The minimum Gasteiger partial charge on any atom is -0.397 e. The summed E-state index contributed by atoms with van der Waals surface area (Å²) in [5.41, 5.74) is 7.82. The van der Waals surface area contributed by atoms with E-state index in [1.54, 1.807) is 6.20 Å². The number of hydrogen-bond donors (Lipinski definition) is 1. The van der Waals surface area contributed by atoms with Crippen molar-refractivity contribution < 1.29 is 0 Å². The van der Waals surface area contributed by atoms with Crippen molar-refractivity contribution in [2.24, 2.45) is 0 Å². The van der Waals surface area contributed by atoms with Crippen LogP contribution in [-0.2, 0) is 0 Å². The maximum Gasteiger partial charge on any atom is 0.0786 e. The molecule has 1 aliphatic rings. The van der Waals surface area contributed by atoms with E-state index in [9.17, 15) is 0 Å². The van der Waals surface area contributed by atoms with Crippen molar-refractivity contribution in [3.05, 3.63) is 18.5 Å². The van der Waals surface area contributed by atoms with Crippen LogP contribution in [0.3, 0.4) is 0 Å². The highest BCUT2D eigenvalue weighted by atomic mass is 33.1. The van der Waals surface area contributed by atoms with Crippen molar-refractivity contribution in [1.29, 1.82) is 0 Å². The summed E-state index contributed by atoms with van der Waals surface area (Å²) in [6, 6.07) is 1.86. The first kappa shape index (κ1) is 9.98. The zero-order valence-electron chi connectivity index (χ0n) is 7.85. The van der Waals surface area contributed by atoms with Crippen LogP contribution in [0.1, 0.15) is 0 Å². The summed E-state index contributed by atoms with van der Waals surface area (Å²) in [6.45, 7) is 2.13. The van der Waals surface area contributed by atoms with Crippen LogP contribution < -0.4 is 10.6 Å². The van der Waals surface area contributed by atoms with Gasteiger partial charge >= 0.3 is 0 Å². The second kappa shape index (κ2) is 4.79. The van der Waals surface area contributed by atoms with Gasteiger partial charge in [-0.1, -0.05) is 21.6 Å². The first-order chi connectivity index (χ1) is 6.88. The highest BCUT2D eigenvalue weighted by molar-refractivity contribution is 8.76. The van der Waals surface area contributed by atoms with E-state index in [2.05, 4.69) is 9.88 Å². The Bertz CT molecular complexity index is 298. The van der Waals surface area contributed by atoms with Crippen LogP contribution in [0.15, 0.2) is 18.5 Å². The van der Waals surface area contributed by atoms with Crippen LogP contribution in [-0.4, -0.2) is 29.6 Å². The Morgan fingerprint density at radius 3 is 2.64 bits per heavy atom. The molecule has 2 N–H and O–H groups in total. The molecule has 0 radical (unpaired) electrons. The summed E-state index contributed by atoms with van der Waals surface area (Å²) in [5.74, 6) is 2.30. The van der Waals surface area contributed by atoms with Crippen molar-refractivity contribution in [3.8, 4) is 0 Å². The molecule has 2 rings (SSSR count). The summed E-state index contributed by atoms with van der Waals surface area (Å²) in [5, 5.41) is 0. The van der Waals surface area contributed by atoms with E-state index in [0.29, 0.717) is 0 Å². The van der Waals surface area contributed by atoms with E-state index < -0.39 is 0 Å². The van der Waals surface area contributed by atoms with Gasteiger partial charge in [0.2, 0.25) is 0 Å². The van der Waals surface area contributed by atoms with Gasteiger partial charge < -0.3 is 10.6 Å². The SMILES string of the molecule is Nc1ccncc1N1CCSSCC1. The summed E-state index contributed by atoms with van der Waals surface area (Å²) in [6.07, 6.45) is 3.59. The molecule has 0 aliphatic carbocycles. The van der Waals surface area contributed by atoms with Gasteiger partial charge in [0.25, 0.3) is 0 Å². The van der Waals surface area contributed by atoms with Gasteiger partial charge in [0.05, 0.1) is 17.6 Å². The minimum atomic E-state index is 0.830. The molecule has 3 nitrogen and oxygen atoms in total. The summed E-state index contributed by atoms with van der Waals surface area (Å²) in [4.78, 5) is 6.43. The van der Waals surface area contributed by atoms with Crippen molar-refractivity contribution in [2.45, 2.75) is 0 Å². The second-order valence-electron chi connectivity index (χ2n) is 3.07. The molecule has 0 aromatic carbocycles. The Labute approximate surface area is 91.9 Å². The Morgan fingerprint density at radius 1 is 1.29 bits per heavy atom. The van der Waals surface area contributed by atoms with E-state index in [0.717, 1.165) is 36.0 Å². The molecule has 0 unspecified atom stereocenters. The van der Waals surface area contributed by atoms with Gasteiger partial charge in [-0.15, -0.1) is 0 Å². The Kier molecular flexibility index (Phi) is 3.42. The fourth-order valence-corrected chi connectivity index (χ4v) is 3.41. The molecule has 1 aliphatic heterocycles. The first-order valence-corrected chi connectivity index (χ1v) is 7.05. The average molecular weight is 227 g/mol. The number of nitrogen functional groups attached to an aromatic ring is 1. The van der Waals surface area contributed by atoms with Gasteiger partial charge in [0, 0.05) is 30.8 Å².